The topological polar surface area (TPSA) is 52.1 Å². The Kier molecular flexibility index (Phi) is 4.86. The normalized spacial score (nSPS) is 11.2. The fourth-order valence-electron chi connectivity index (χ4n) is 1.76. The smallest absolute Gasteiger partial charge is 0.179 e. The largest absolute Gasteiger partial charge is 0.382 e. The van der Waals surface area contributed by atoms with Gasteiger partial charge in [-0.3, -0.25) is 0 Å². The minimum atomic E-state index is 0.633. The molecular weight excluding hydrogens is 250 g/mol. The molecule has 2 heterocycles. The molecule has 0 amide bonds. The van der Waals surface area contributed by atoms with Gasteiger partial charge in [-0.2, -0.15) is 0 Å². The van der Waals surface area contributed by atoms with Gasteiger partial charge in [0.15, 0.2) is 10.4 Å². The van der Waals surface area contributed by atoms with E-state index >= 15 is 0 Å². The molecule has 98 valence electrons. The number of hydrogen-bond acceptors (Lipinski definition) is 4. The van der Waals surface area contributed by atoms with Crippen molar-refractivity contribution in [3.8, 4) is 0 Å². The fraction of sp³-hybridized carbons (Fsp3) is 0.500. The van der Waals surface area contributed by atoms with Gasteiger partial charge in [-0.25, -0.2) is 4.98 Å². The summed E-state index contributed by atoms with van der Waals surface area (Å²) in [5, 5.41) is 0. The number of aryl methyl sites for hydroxylation is 1. The maximum absolute atomic E-state index is 5.42. The predicted molar refractivity (Wildman–Crippen MR) is 72.2 cm³/mol. The van der Waals surface area contributed by atoms with Crippen molar-refractivity contribution in [2.45, 2.75) is 13.0 Å². The van der Waals surface area contributed by atoms with E-state index in [4.69, 9.17) is 21.7 Å². The first-order valence-electron chi connectivity index (χ1n) is 5.93. The van der Waals surface area contributed by atoms with E-state index in [0.717, 1.165) is 24.1 Å². The third kappa shape index (κ3) is 3.16. The predicted octanol–water partition coefficient (Wildman–Crippen LogP) is 2.15. The molecule has 18 heavy (non-hydrogen) atoms. The maximum atomic E-state index is 5.42. The van der Waals surface area contributed by atoms with Crippen LogP contribution in [0.25, 0.3) is 11.2 Å². The molecule has 2 rings (SSSR count). The summed E-state index contributed by atoms with van der Waals surface area (Å²) in [7, 11) is 1.67. The van der Waals surface area contributed by atoms with E-state index in [1.807, 2.05) is 16.7 Å². The Hall–Kier alpha value is -1.24. The van der Waals surface area contributed by atoms with Crippen molar-refractivity contribution in [3.05, 3.63) is 23.1 Å². The zero-order valence-electron chi connectivity index (χ0n) is 10.4. The molecule has 0 saturated carbocycles. The van der Waals surface area contributed by atoms with Crippen LogP contribution >= 0.6 is 12.2 Å². The van der Waals surface area contributed by atoms with E-state index < -0.39 is 0 Å². The monoisotopic (exact) mass is 267 g/mol. The Morgan fingerprint density at radius 1 is 1.39 bits per heavy atom. The van der Waals surface area contributed by atoms with Gasteiger partial charge in [-0.15, -0.1) is 0 Å². The van der Waals surface area contributed by atoms with Crippen LogP contribution in [0.1, 0.15) is 6.42 Å². The number of nitrogens with one attached hydrogen (secondary N) is 1. The number of hydrogen-bond donors (Lipinski definition) is 1. The Morgan fingerprint density at radius 3 is 3.11 bits per heavy atom. The molecule has 0 bridgehead atoms. The summed E-state index contributed by atoms with van der Waals surface area (Å²) in [5.41, 5.74) is 1.88. The first kappa shape index (κ1) is 13.2. The summed E-state index contributed by atoms with van der Waals surface area (Å²) in [6.45, 7) is 2.77. The van der Waals surface area contributed by atoms with Crippen LogP contribution in [0.15, 0.2) is 18.3 Å². The Morgan fingerprint density at radius 2 is 2.28 bits per heavy atom. The van der Waals surface area contributed by atoms with E-state index in [9.17, 15) is 0 Å². The van der Waals surface area contributed by atoms with Crippen LogP contribution < -0.4 is 0 Å². The first-order chi connectivity index (χ1) is 8.83. The summed E-state index contributed by atoms with van der Waals surface area (Å²) >= 11 is 5.28. The molecule has 0 unspecified atom stereocenters. The van der Waals surface area contributed by atoms with Crippen LogP contribution in [0.5, 0.6) is 0 Å². The highest BCUT2D eigenvalue weighted by atomic mass is 32.1. The lowest BCUT2D eigenvalue weighted by Crippen LogP contribution is -2.06. The molecule has 0 aromatic carbocycles. The molecule has 0 fully saturated rings. The highest BCUT2D eigenvalue weighted by Crippen LogP contribution is 2.10. The van der Waals surface area contributed by atoms with Gasteiger partial charge in [0.05, 0.1) is 18.7 Å². The zero-order valence-corrected chi connectivity index (χ0v) is 11.2. The average molecular weight is 267 g/mol. The van der Waals surface area contributed by atoms with Crippen molar-refractivity contribution in [2.24, 2.45) is 0 Å². The van der Waals surface area contributed by atoms with E-state index in [-0.39, 0.29) is 0 Å². The molecule has 0 spiro atoms. The molecular formula is C12H17N3O2S. The molecule has 2 aromatic rings. The number of pyridine rings is 1. The van der Waals surface area contributed by atoms with E-state index in [1.54, 1.807) is 13.3 Å². The van der Waals surface area contributed by atoms with Crippen molar-refractivity contribution >= 4 is 23.4 Å². The van der Waals surface area contributed by atoms with Gasteiger partial charge in [0.25, 0.3) is 0 Å². The number of aromatic amines is 1. The minimum Gasteiger partial charge on any atom is -0.382 e. The maximum Gasteiger partial charge on any atom is 0.179 e. The van der Waals surface area contributed by atoms with Crippen LogP contribution in [0.4, 0.5) is 0 Å². The van der Waals surface area contributed by atoms with Crippen LogP contribution in [-0.2, 0) is 16.0 Å². The van der Waals surface area contributed by atoms with Crippen LogP contribution in [-0.4, -0.2) is 41.5 Å². The number of fused-ring (bicyclic) bond motifs is 1. The second-order valence-electron chi connectivity index (χ2n) is 3.92. The van der Waals surface area contributed by atoms with Crippen molar-refractivity contribution in [1.29, 1.82) is 0 Å². The van der Waals surface area contributed by atoms with Crippen LogP contribution in [0.3, 0.4) is 0 Å². The third-order valence-corrected chi connectivity index (χ3v) is 2.95. The number of imidazole rings is 1. The molecule has 0 saturated heterocycles. The Bertz CT molecular complexity index is 549. The number of rotatable bonds is 7. The average Bonchev–Trinajstić information content (AvgIpc) is 2.70. The van der Waals surface area contributed by atoms with Gasteiger partial charge >= 0.3 is 0 Å². The molecule has 2 aromatic heterocycles. The molecule has 0 aliphatic heterocycles. The summed E-state index contributed by atoms with van der Waals surface area (Å²) in [5.74, 6) is 0. The summed E-state index contributed by atoms with van der Waals surface area (Å²) in [4.78, 5) is 7.48. The van der Waals surface area contributed by atoms with Crippen molar-refractivity contribution in [3.63, 3.8) is 0 Å². The number of methoxy groups -OCH3 is 1. The molecule has 0 aliphatic carbocycles. The number of aromatic nitrogens is 3. The number of ether oxygens (including phenoxy) is 2. The third-order valence-electron chi connectivity index (χ3n) is 2.63. The standard InChI is InChI=1S/C12H17N3O2S/c1-16-8-9-17-7-3-6-15-11-10(14-12(15)18)4-2-5-13-11/h2,4-5H,3,6-9H2,1H3,(H,14,18). The first-order valence-corrected chi connectivity index (χ1v) is 6.34. The highest BCUT2D eigenvalue weighted by molar-refractivity contribution is 7.71. The number of H-pyrrole nitrogens is 1. The fourth-order valence-corrected chi connectivity index (χ4v) is 2.05. The van der Waals surface area contributed by atoms with Crippen molar-refractivity contribution in [1.82, 2.24) is 14.5 Å². The quantitative estimate of drug-likeness (QED) is 0.617. The molecule has 5 nitrogen and oxygen atoms in total. The van der Waals surface area contributed by atoms with Gasteiger partial charge in [0, 0.05) is 26.5 Å². The molecule has 1 N–H and O–H groups in total. The summed E-state index contributed by atoms with van der Waals surface area (Å²) < 4.78 is 13.0. The van der Waals surface area contributed by atoms with Gasteiger partial charge in [0.1, 0.15) is 0 Å². The van der Waals surface area contributed by atoms with E-state index in [2.05, 4.69) is 9.97 Å². The molecule has 0 atom stereocenters. The SMILES string of the molecule is COCCOCCCn1c(=S)[nH]c2cccnc21. The second-order valence-corrected chi connectivity index (χ2v) is 4.30. The molecule has 6 heteroatoms. The van der Waals surface area contributed by atoms with Gasteiger partial charge in [-0.05, 0) is 30.8 Å². The van der Waals surface area contributed by atoms with Crippen molar-refractivity contribution < 1.29 is 9.47 Å². The van der Waals surface area contributed by atoms with E-state index in [1.165, 1.54) is 0 Å². The number of nitrogens with zero attached hydrogens (tertiary/aromatic N) is 2. The highest BCUT2D eigenvalue weighted by Gasteiger charge is 2.04. The zero-order chi connectivity index (χ0) is 12.8. The second kappa shape index (κ2) is 6.63. The summed E-state index contributed by atoms with van der Waals surface area (Å²) in [6.07, 6.45) is 2.68. The van der Waals surface area contributed by atoms with Crippen molar-refractivity contribution in [2.75, 3.05) is 26.9 Å². The van der Waals surface area contributed by atoms with Gasteiger partial charge < -0.3 is 19.0 Å². The van der Waals surface area contributed by atoms with Gasteiger partial charge in [0.2, 0.25) is 0 Å². The summed E-state index contributed by atoms with van der Waals surface area (Å²) in [6, 6.07) is 3.87. The molecule has 0 radical (unpaired) electrons. The molecule has 0 aliphatic rings. The van der Waals surface area contributed by atoms with Crippen LogP contribution in [0.2, 0.25) is 0 Å². The Balaban J connectivity index is 1.91. The van der Waals surface area contributed by atoms with Gasteiger partial charge in [-0.1, -0.05) is 0 Å². The lowest BCUT2D eigenvalue weighted by atomic mass is 10.4. The van der Waals surface area contributed by atoms with Crippen LogP contribution in [0, 0.1) is 4.77 Å². The lowest BCUT2D eigenvalue weighted by molar-refractivity contribution is 0.0681. The Labute approximate surface area is 111 Å². The lowest BCUT2D eigenvalue weighted by Gasteiger charge is -2.05. The minimum absolute atomic E-state index is 0.633. The van der Waals surface area contributed by atoms with E-state index in [0.29, 0.717) is 24.6 Å².